The van der Waals surface area contributed by atoms with Gasteiger partial charge in [0.05, 0.1) is 11.7 Å². The SMILES string of the molecule is CC(CC(=O)c1ccccc1)NC(=O)CCn1cnc2sccc2c1=O. The topological polar surface area (TPSA) is 81.1 Å². The standard InChI is InChI=1S/C19H19N3O3S/c1-13(11-16(23)14-5-3-2-4-6-14)21-17(24)7-9-22-12-20-18-15(19(22)25)8-10-26-18/h2-6,8,10,12-13H,7,9,11H2,1H3,(H,21,24). The number of hydrogen-bond acceptors (Lipinski definition) is 5. The molecule has 3 rings (SSSR count). The van der Waals surface area contributed by atoms with Gasteiger partial charge in [0.2, 0.25) is 5.91 Å². The second-order valence-corrected chi connectivity index (χ2v) is 6.99. The molecule has 0 radical (unpaired) electrons. The van der Waals surface area contributed by atoms with E-state index in [9.17, 15) is 14.4 Å². The van der Waals surface area contributed by atoms with Crippen LogP contribution in [-0.4, -0.2) is 27.3 Å². The summed E-state index contributed by atoms with van der Waals surface area (Å²) >= 11 is 1.41. The van der Waals surface area contributed by atoms with E-state index in [1.54, 1.807) is 25.1 Å². The second-order valence-electron chi connectivity index (χ2n) is 6.09. The van der Waals surface area contributed by atoms with E-state index in [4.69, 9.17) is 0 Å². The fraction of sp³-hybridized carbons (Fsp3) is 0.263. The quantitative estimate of drug-likeness (QED) is 0.649. The number of carbonyl (C=O) groups is 2. The van der Waals surface area contributed by atoms with Crippen LogP contribution in [0.15, 0.2) is 52.9 Å². The largest absolute Gasteiger partial charge is 0.353 e. The van der Waals surface area contributed by atoms with E-state index in [0.717, 1.165) is 0 Å². The van der Waals surface area contributed by atoms with Crippen LogP contribution in [0.3, 0.4) is 0 Å². The van der Waals surface area contributed by atoms with Crippen LogP contribution in [0.25, 0.3) is 10.2 Å². The number of carbonyl (C=O) groups excluding carboxylic acids is 2. The predicted octanol–water partition coefficient (Wildman–Crippen LogP) is 2.63. The van der Waals surface area contributed by atoms with Gasteiger partial charge in [-0.05, 0) is 18.4 Å². The highest BCUT2D eigenvalue weighted by molar-refractivity contribution is 7.16. The molecule has 1 atom stereocenters. The second kappa shape index (κ2) is 8.05. The molecular formula is C19H19N3O3S. The average molecular weight is 369 g/mol. The first-order valence-electron chi connectivity index (χ1n) is 8.35. The van der Waals surface area contributed by atoms with Gasteiger partial charge in [0, 0.05) is 31.0 Å². The monoisotopic (exact) mass is 369 g/mol. The van der Waals surface area contributed by atoms with Crippen LogP contribution in [-0.2, 0) is 11.3 Å². The Hall–Kier alpha value is -2.80. The number of aromatic nitrogens is 2. The number of aryl methyl sites for hydroxylation is 1. The number of hydrogen-bond donors (Lipinski definition) is 1. The number of fused-ring (bicyclic) bond motifs is 1. The number of nitrogens with one attached hydrogen (secondary N) is 1. The third kappa shape index (κ3) is 4.23. The van der Waals surface area contributed by atoms with Gasteiger partial charge in [-0.1, -0.05) is 30.3 Å². The van der Waals surface area contributed by atoms with E-state index in [1.165, 1.54) is 22.2 Å². The highest BCUT2D eigenvalue weighted by Crippen LogP contribution is 2.13. The smallest absolute Gasteiger partial charge is 0.262 e. The van der Waals surface area contributed by atoms with Crippen LogP contribution >= 0.6 is 11.3 Å². The number of rotatable bonds is 7. The lowest BCUT2D eigenvalue weighted by molar-refractivity contribution is -0.121. The van der Waals surface area contributed by atoms with Gasteiger partial charge in [-0.2, -0.15) is 0 Å². The Kier molecular flexibility index (Phi) is 5.58. The average Bonchev–Trinajstić information content (AvgIpc) is 3.11. The van der Waals surface area contributed by atoms with Gasteiger partial charge in [-0.15, -0.1) is 11.3 Å². The van der Waals surface area contributed by atoms with Crippen LogP contribution in [0.5, 0.6) is 0 Å². The van der Waals surface area contributed by atoms with E-state index in [2.05, 4.69) is 10.3 Å². The summed E-state index contributed by atoms with van der Waals surface area (Å²) in [5, 5.41) is 5.20. The minimum absolute atomic E-state index is 0.0123. The fourth-order valence-corrected chi connectivity index (χ4v) is 3.42. The van der Waals surface area contributed by atoms with Crippen molar-refractivity contribution in [3.8, 4) is 0 Å². The maximum absolute atomic E-state index is 12.3. The summed E-state index contributed by atoms with van der Waals surface area (Å²) in [7, 11) is 0. The molecular weight excluding hydrogens is 350 g/mol. The van der Waals surface area contributed by atoms with Gasteiger partial charge < -0.3 is 5.32 Å². The number of benzene rings is 1. The Morgan fingerprint density at radius 2 is 2.00 bits per heavy atom. The van der Waals surface area contributed by atoms with Gasteiger partial charge in [0.15, 0.2) is 5.78 Å². The molecule has 7 heteroatoms. The molecule has 6 nitrogen and oxygen atoms in total. The summed E-state index contributed by atoms with van der Waals surface area (Å²) < 4.78 is 1.44. The normalized spacial score (nSPS) is 12.0. The molecule has 0 saturated carbocycles. The van der Waals surface area contributed by atoms with Crippen LogP contribution < -0.4 is 10.9 Å². The van der Waals surface area contributed by atoms with Crippen molar-refractivity contribution in [3.05, 3.63) is 64.0 Å². The Bertz CT molecular complexity index is 978. The minimum Gasteiger partial charge on any atom is -0.353 e. The van der Waals surface area contributed by atoms with Crippen LogP contribution in [0.4, 0.5) is 0 Å². The molecule has 1 aromatic carbocycles. The van der Waals surface area contributed by atoms with E-state index in [1.807, 2.05) is 23.6 Å². The van der Waals surface area contributed by atoms with E-state index >= 15 is 0 Å². The van der Waals surface area contributed by atoms with Crippen molar-refractivity contribution >= 4 is 33.2 Å². The summed E-state index contributed by atoms with van der Waals surface area (Å²) in [6.45, 7) is 2.05. The maximum Gasteiger partial charge on any atom is 0.262 e. The zero-order valence-corrected chi connectivity index (χ0v) is 15.2. The lowest BCUT2D eigenvalue weighted by Gasteiger charge is -2.13. The van der Waals surface area contributed by atoms with Crippen molar-refractivity contribution in [3.63, 3.8) is 0 Å². The molecule has 0 fully saturated rings. The van der Waals surface area contributed by atoms with Crippen molar-refractivity contribution in [2.45, 2.75) is 32.4 Å². The molecule has 0 aliphatic rings. The molecule has 0 aliphatic carbocycles. The molecule has 1 amide bonds. The zero-order valence-electron chi connectivity index (χ0n) is 14.3. The Morgan fingerprint density at radius 3 is 2.77 bits per heavy atom. The van der Waals surface area contributed by atoms with Crippen LogP contribution in [0, 0.1) is 0 Å². The highest BCUT2D eigenvalue weighted by Gasteiger charge is 2.14. The first-order chi connectivity index (χ1) is 12.5. The molecule has 3 aromatic rings. The molecule has 2 heterocycles. The lowest BCUT2D eigenvalue weighted by Crippen LogP contribution is -2.35. The minimum atomic E-state index is -0.274. The van der Waals surface area contributed by atoms with Crippen LogP contribution in [0.2, 0.25) is 0 Å². The summed E-state index contributed by atoms with van der Waals surface area (Å²) in [5.41, 5.74) is 0.492. The van der Waals surface area contributed by atoms with Crippen molar-refractivity contribution in [2.24, 2.45) is 0 Å². The number of ketones is 1. The Balaban J connectivity index is 1.52. The highest BCUT2D eigenvalue weighted by atomic mass is 32.1. The summed E-state index contributed by atoms with van der Waals surface area (Å²) in [6.07, 6.45) is 1.86. The molecule has 1 N–H and O–H groups in total. The lowest BCUT2D eigenvalue weighted by atomic mass is 10.0. The summed E-state index contributed by atoms with van der Waals surface area (Å²) in [5.74, 6) is -0.211. The first-order valence-corrected chi connectivity index (χ1v) is 9.23. The first kappa shape index (κ1) is 18.0. The number of thiophene rings is 1. The Labute approximate surface area is 154 Å². The molecule has 2 aromatic heterocycles. The van der Waals surface area contributed by atoms with Gasteiger partial charge in [-0.3, -0.25) is 19.0 Å². The van der Waals surface area contributed by atoms with Crippen molar-refractivity contribution in [1.82, 2.24) is 14.9 Å². The molecule has 134 valence electrons. The van der Waals surface area contributed by atoms with Gasteiger partial charge in [-0.25, -0.2) is 4.98 Å². The fourth-order valence-electron chi connectivity index (χ4n) is 2.69. The zero-order chi connectivity index (χ0) is 18.5. The molecule has 26 heavy (non-hydrogen) atoms. The van der Waals surface area contributed by atoms with Gasteiger partial charge in [0.1, 0.15) is 4.83 Å². The molecule has 0 bridgehead atoms. The number of amides is 1. The summed E-state index contributed by atoms with van der Waals surface area (Å²) in [6, 6.07) is 10.5. The van der Waals surface area contributed by atoms with Crippen LogP contribution in [0.1, 0.15) is 30.1 Å². The molecule has 0 aliphatic heterocycles. The van der Waals surface area contributed by atoms with Gasteiger partial charge in [0.25, 0.3) is 5.56 Å². The van der Waals surface area contributed by atoms with E-state index in [0.29, 0.717) is 15.8 Å². The molecule has 1 unspecified atom stereocenters. The van der Waals surface area contributed by atoms with Crippen molar-refractivity contribution in [2.75, 3.05) is 0 Å². The number of nitrogens with zero attached hydrogens (tertiary/aromatic N) is 2. The summed E-state index contributed by atoms with van der Waals surface area (Å²) in [4.78, 5) is 41.5. The van der Waals surface area contributed by atoms with Crippen molar-refractivity contribution in [1.29, 1.82) is 0 Å². The van der Waals surface area contributed by atoms with Crippen molar-refractivity contribution < 1.29 is 9.59 Å². The molecule has 0 saturated heterocycles. The van der Waals surface area contributed by atoms with Gasteiger partial charge >= 0.3 is 0 Å². The van der Waals surface area contributed by atoms with E-state index in [-0.39, 0.29) is 42.7 Å². The maximum atomic E-state index is 12.3. The number of Topliss-reactive ketones (excluding diaryl/α,β-unsaturated/α-hetero) is 1. The van der Waals surface area contributed by atoms with E-state index < -0.39 is 0 Å². The third-order valence-corrected chi connectivity index (χ3v) is 4.85. The molecule has 0 spiro atoms. The predicted molar refractivity (Wildman–Crippen MR) is 101 cm³/mol. The Morgan fingerprint density at radius 1 is 1.23 bits per heavy atom. The third-order valence-electron chi connectivity index (χ3n) is 4.02.